The lowest BCUT2D eigenvalue weighted by Crippen LogP contribution is -2.51. The predicted octanol–water partition coefficient (Wildman–Crippen LogP) is 5.89. The van der Waals surface area contributed by atoms with Gasteiger partial charge in [0.15, 0.2) is 11.6 Å². The molecule has 0 radical (unpaired) electrons. The summed E-state index contributed by atoms with van der Waals surface area (Å²) in [5, 5.41) is 0. The summed E-state index contributed by atoms with van der Waals surface area (Å²) in [6.45, 7) is 10.9. The second-order valence-corrected chi connectivity index (χ2v) is 10.7. The Kier molecular flexibility index (Phi) is 6.75. The van der Waals surface area contributed by atoms with Gasteiger partial charge in [0.1, 0.15) is 5.82 Å². The summed E-state index contributed by atoms with van der Waals surface area (Å²) in [4.78, 5) is 19.7. The molecule has 5 rings (SSSR count). The van der Waals surface area contributed by atoms with Gasteiger partial charge in [-0.25, -0.2) is 13.6 Å². The van der Waals surface area contributed by atoms with E-state index in [9.17, 15) is 13.6 Å². The molecule has 2 aliphatic heterocycles. The van der Waals surface area contributed by atoms with Crippen molar-refractivity contribution in [3.63, 3.8) is 0 Å². The lowest BCUT2D eigenvalue weighted by Gasteiger charge is -2.41. The number of benzene rings is 2. The lowest BCUT2D eigenvalue weighted by atomic mass is 9.73. The summed E-state index contributed by atoms with van der Waals surface area (Å²) < 4.78 is 39.9. The van der Waals surface area contributed by atoms with Crippen molar-refractivity contribution in [2.45, 2.75) is 31.9 Å². The van der Waals surface area contributed by atoms with Gasteiger partial charge in [0.05, 0.1) is 31.3 Å². The molecule has 2 aliphatic rings. The quantitative estimate of drug-likeness (QED) is 0.433. The number of halogens is 2. The maximum Gasteiger partial charge on any atom is 0.263 e. The number of amides is 1. The van der Waals surface area contributed by atoms with Crippen LogP contribution in [0.5, 0.6) is 5.75 Å². The van der Waals surface area contributed by atoms with E-state index in [1.165, 1.54) is 42.7 Å². The molecule has 2 N–H and O–H groups in total. The van der Waals surface area contributed by atoms with Crippen LogP contribution in [0, 0.1) is 23.6 Å². The van der Waals surface area contributed by atoms with Crippen LogP contribution < -0.4 is 10.5 Å². The van der Waals surface area contributed by atoms with Gasteiger partial charge < -0.3 is 20.1 Å². The van der Waals surface area contributed by atoms with Crippen LogP contribution in [-0.4, -0.2) is 49.8 Å². The molecule has 2 saturated heterocycles. The molecule has 1 spiro atoms. The van der Waals surface area contributed by atoms with Crippen molar-refractivity contribution in [3.05, 3.63) is 70.4 Å². The molecule has 3 aromatic rings. The Hall–Kier alpha value is -3.32. The fourth-order valence-electron chi connectivity index (χ4n) is 5.28. The average Bonchev–Trinajstić information content (AvgIpc) is 3.47. The van der Waals surface area contributed by atoms with Gasteiger partial charge in [-0.05, 0) is 61.2 Å². The van der Waals surface area contributed by atoms with Crippen LogP contribution in [0.15, 0.2) is 42.5 Å². The number of methoxy groups -OCH3 is 1. The number of likely N-dealkylation sites (tertiary alicyclic amines) is 1. The smallest absolute Gasteiger partial charge is 0.263 e. The van der Waals surface area contributed by atoms with E-state index in [0.717, 1.165) is 12.8 Å². The molecule has 0 aliphatic carbocycles. The number of hydrogen-bond donors (Lipinski definition) is 1. The van der Waals surface area contributed by atoms with Crippen molar-refractivity contribution in [2.75, 3.05) is 26.8 Å². The van der Waals surface area contributed by atoms with Gasteiger partial charge in [-0.1, -0.05) is 12.1 Å². The van der Waals surface area contributed by atoms with E-state index < -0.39 is 11.6 Å². The summed E-state index contributed by atoms with van der Waals surface area (Å²) in [5.41, 5.74) is 7.89. The number of piperidine rings is 1. The molecule has 37 heavy (non-hydrogen) atoms. The van der Waals surface area contributed by atoms with E-state index in [1.807, 2.05) is 11.8 Å². The summed E-state index contributed by atoms with van der Waals surface area (Å²) >= 11 is 1.24. The SMILES string of the molecule is [C-]#[N+]c1ccc(-c2cc(C(=O)N3CCC4(CC3)COC(C)C4N)sc2-c2ccc(OC)c(F)c2)cc1F. The predicted molar refractivity (Wildman–Crippen MR) is 139 cm³/mol. The van der Waals surface area contributed by atoms with E-state index in [1.54, 1.807) is 18.2 Å². The molecular weight excluding hydrogens is 496 g/mol. The lowest BCUT2D eigenvalue weighted by molar-refractivity contribution is 0.0497. The molecule has 2 unspecified atom stereocenters. The summed E-state index contributed by atoms with van der Waals surface area (Å²) in [5.74, 6) is -1.20. The standard InChI is InChI=1S/C28H27F2N3O3S/c1-16-26(31)28(15-36-16)8-10-33(11-9-28)27(34)24-14-19(17-4-6-22(32-2)20(29)12-17)25(37-24)18-5-7-23(35-3)21(30)13-18/h4-7,12-14,16,26H,8-11,15,31H2,1,3H3. The number of carbonyl (C=O) groups is 1. The summed E-state index contributed by atoms with van der Waals surface area (Å²) in [7, 11) is 1.39. The Balaban J connectivity index is 1.49. The van der Waals surface area contributed by atoms with Gasteiger partial charge in [-0.2, -0.15) is 0 Å². The minimum absolute atomic E-state index is 0.00388. The van der Waals surface area contributed by atoms with Gasteiger partial charge in [0.25, 0.3) is 5.91 Å². The molecule has 9 heteroatoms. The van der Waals surface area contributed by atoms with Crippen LogP contribution >= 0.6 is 11.3 Å². The second-order valence-electron chi connectivity index (χ2n) is 9.68. The Morgan fingerprint density at radius 2 is 1.86 bits per heavy atom. The zero-order valence-corrected chi connectivity index (χ0v) is 21.4. The van der Waals surface area contributed by atoms with Crippen molar-refractivity contribution < 1.29 is 23.0 Å². The fraction of sp³-hybridized carbons (Fsp3) is 0.357. The van der Waals surface area contributed by atoms with E-state index in [-0.39, 0.29) is 34.9 Å². The maximum absolute atomic E-state index is 14.6. The highest BCUT2D eigenvalue weighted by atomic mass is 32.1. The monoisotopic (exact) mass is 523 g/mol. The topological polar surface area (TPSA) is 69.2 Å². The van der Waals surface area contributed by atoms with Crippen molar-refractivity contribution in [1.29, 1.82) is 0 Å². The first-order valence-electron chi connectivity index (χ1n) is 12.1. The zero-order valence-electron chi connectivity index (χ0n) is 20.6. The highest BCUT2D eigenvalue weighted by Gasteiger charge is 2.48. The number of carbonyl (C=O) groups excluding carboxylic acids is 1. The number of hydrogen-bond acceptors (Lipinski definition) is 5. The van der Waals surface area contributed by atoms with Crippen molar-refractivity contribution in [1.82, 2.24) is 4.90 Å². The van der Waals surface area contributed by atoms with Crippen molar-refractivity contribution >= 4 is 22.9 Å². The molecular formula is C28H27F2N3O3S. The molecule has 1 aromatic heterocycles. The maximum atomic E-state index is 14.6. The Labute approximate surface area is 218 Å². The van der Waals surface area contributed by atoms with Gasteiger partial charge in [-0.15, -0.1) is 11.3 Å². The normalized spacial score (nSPS) is 20.7. The highest BCUT2D eigenvalue weighted by Crippen LogP contribution is 2.44. The Morgan fingerprint density at radius 3 is 2.46 bits per heavy atom. The largest absolute Gasteiger partial charge is 0.494 e. The van der Waals surface area contributed by atoms with Crippen molar-refractivity contribution in [2.24, 2.45) is 11.1 Å². The molecule has 2 aromatic carbocycles. The molecule has 6 nitrogen and oxygen atoms in total. The third-order valence-corrected chi connectivity index (χ3v) is 8.80. The summed E-state index contributed by atoms with van der Waals surface area (Å²) in [6, 6.07) is 10.6. The number of thiophene rings is 1. The third kappa shape index (κ3) is 4.50. The molecule has 0 saturated carbocycles. The van der Waals surface area contributed by atoms with Crippen LogP contribution in [0.1, 0.15) is 29.4 Å². The van der Waals surface area contributed by atoms with Crippen LogP contribution in [0.2, 0.25) is 0 Å². The molecule has 2 atom stereocenters. The second kappa shape index (κ2) is 9.86. The first kappa shape index (κ1) is 25.3. The zero-order chi connectivity index (χ0) is 26.3. The van der Waals surface area contributed by atoms with Gasteiger partial charge in [0.2, 0.25) is 5.69 Å². The number of rotatable bonds is 4. The fourth-order valence-corrected chi connectivity index (χ4v) is 6.43. The number of ether oxygens (including phenoxy) is 2. The van der Waals surface area contributed by atoms with Crippen molar-refractivity contribution in [3.8, 4) is 27.3 Å². The Morgan fingerprint density at radius 1 is 1.16 bits per heavy atom. The molecule has 3 heterocycles. The molecule has 192 valence electrons. The van der Waals surface area contributed by atoms with E-state index in [2.05, 4.69) is 4.85 Å². The van der Waals surface area contributed by atoms with Crippen LogP contribution in [-0.2, 0) is 4.74 Å². The molecule has 1 amide bonds. The van der Waals surface area contributed by atoms with E-state index in [0.29, 0.717) is 46.1 Å². The van der Waals surface area contributed by atoms with Crippen LogP contribution in [0.3, 0.4) is 0 Å². The third-order valence-electron chi connectivity index (χ3n) is 7.63. The van der Waals surface area contributed by atoms with E-state index >= 15 is 0 Å². The number of nitrogens with zero attached hydrogens (tertiary/aromatic N) is 2. The van der Waals surface area contributed by atoms with Gasteiger partial charge in [0, 0.05) is 35.0 Å². The average molecular weight is 524 g/mol. The minimum atomic E-state index is -0.649. The molecule has 0 bridgehead atoms. The Bertz CT molecular complexity index is 1390. The van der Waals surface area contributed by atoms with Gasteiger partial charge in [-0.3, -0.25) is 4.79 Å². The first-order valence-corrected chi connectivity index (χ1v) is 12.9. The number of nitrogens with two attached hydrogens (primary N) is 1. The molecule has 2 fully saturated rings. The highest BCUT2D eigenvalue weighted by molar-refractivity contribution is 7.18. The van der Waals surface area contributed by atoms with Crippen LogP contribution in [0.25, 0.3) is 26.4 Å². The first-order chi connectivity index (χ1) is 17.8. The van der Waals surface area contributed by atoms with E-state index in [4.69, 9.17) is 21.8 Å². The van der Waals surface area contributed by atoms with Crippen LogP contribution in [0.4, 0.5) is 14.5 Å². The minimum Gasteiger partial charge on any atom is -0.494 e. The van der Waals surface area contributed by atoms with Gasteiger partial charge >= 0.3 is 0 Å². The summed E-state index contributed by atoms with van der Waals surface area (Å²) in [6.07, 6.45) is 1.54.